The summed E-state index contributed by atoms with van der Waals surface area (Å²) in [5, 5.41) is 6.38. The average Bonchev–Trinajstić information content (AvgIpc) is 2.73. The van der Waals surface area contributed by atoms with E-state index in [-0.39, 0.29) is 36.7 Å². The fraction of sp³-hybridized carbons (Fsp3) is 0.227. The van der Waals surface area contributed by atoms with E-state index in [2.05, 4.69) is 25.6 Å². The van der Waals surface area contributed by atoms with Crippen molar-refractivity contribution in [2.75, 3.05) is 11.1 Å². The quantitative estimate of drug-likeness (QED) is 0.441. The molecule has 166 valence electrons. The van der Waals surface area contributed by atoms with E-state index >= 15 is 0 Å². The molecule has 1 heterocycles. The molecule has 1 amide bonds. The van der Waals surface area contributed by atoms with Gasteiger partial charge in [-0.2, -0.15) is 15.0 Å². The van der Waals surface area contributed by atoms with Crippen molar-refractivity contribution in [1.29, 1.82) is 0 Å². The number of anilines is 3. The third-order valence-corrected chi connectivity index (χ3v) is 4.73. The van der Waals surface area contributed by atoms with E-state index in [1.54, 1.807) is 24.3 Å². The number of nitrogens with one attached hydrogen (secondary N) is 2. The number of amides is 1. The minimum Gasteiger partial charge on any atom is -0.457 e. The monoisotopic (exact) mass is 454 g/mol. The van der Waals surface area contributed by atoms with Crippen LogP contribution in [-0.2, 0) is 20.9 Å². The standard InChI is InChI=1S/C22H23ClN6O3/c1-13-5-3-4-6-17(13)26-22-28-19(27-21(24)29-22)12-32-20(31)11-18(25-14(2)30)15-7-9-16(23)10-8-15/h3-10,18H,11-12H2,1-2H3,(H,25,30)(H3,24,26,27,28,29). The van der Waals surface area contributed by atoms with Crippen LogP contribution in [0.4, 0.5) is 17.6 Å². The number of aryl methyl sites for hydroxylation is 1. The van der Waals surface area contributed by atoms with Gasteiger partial charge in [0.1, 0.15) is 0 Å². The summed E-state index contributed by atoms with van der Waals surface area (Å²) in [6.45, 7) is 3.13. The maximum atomic E-state index is 12.4. The Labute approximate surface area is 190 Å². The van der Waals surface area contributed by atoms with Crippen molar-refractivity contribution in [1.82, 2.24) is 20.3 Å². The van der Waals surface area contributed by atoms with Gasteiger partial charge in [0.25, 0.3) is 0 Å². The van der Waals surface area contributed by atoms with E-state index in [0.717, 1.165) is 16.8 Å². The number of carbonyl (C=O) groups excluding carboxylic acids is 2. The molecule has 32 heavy (non-hydrogen) atoms. The number of nitrogens with two attached hydrogens (primary N) is 1. The minimum absolute atomic E-state index is 0.000537. The molecule has 1 aromatic heterocycles. The zero-order valence-corrected chi connectivity index (χ0v) is 18.4. The van der Waals surface area contributed by atoms with Gasteiger partial charge in [-0.25, -0.2) is 0 Å². The molecule has 9 nitrogen and oxygen atoms in total. The Kier molecular flexibility index (Phi) is 7.56. The summed E-state index contributed by atoms with van der Waals surface area (Å²) in [5.74, 6) is -0.361. The van der Waals surface area contributed by atoms with Crippen molar-refractivity contribution >= 4 is 41.1 Å². The third-order valence-electron chi connectivity index (χ3n) is 4.47. The Balaban J connectivity index is 1.65. The molecule has 0 saturated heterocycles. The maximum absolute atomic E-state index is 12.4. The van der Waals surface area contributed by atoms with Crippen LogP contribution in [0.25, 0.3) is 0 Å². The lowest BCUT2D eigenvalue weighted by Crippen LogP contribution is -2.28. The van der Waals surface area contributed by atoms with Crippen LogP contribution in [0.1, 0.15) is 36.3 Å². The number of esters is 1. The molecular formula is C22H23ClN6O3. The van der Waals surface area contributed by atoms with E-state index < -0.39 is 12.0 Å². The first kappa shape index (κ1) is 23.0. The van der Waals surface area contributed by atoms with Crippen LogP contribution in [-0.4, -0.2) is 26.8 Å². The number of aromatic nitrogens is 3. The van der Waals surface area contributed by atoms with E-state index in [4.69, 9.17) is 22.1 Å². The van der Waals surface area contributed by atoms with Crippen molar-refractivity contribution in [3.63, 3.8) is 0 Å². The van der Waals surface area contributed by atoms with Gasteiger partial charge in [0, 0.05) is 17.6 Å². The average molecular weight is 455 g/mol. The lowest BCUT2D eigenvalue weighted by atomic mass is 10.0. The second-order valence-corrected chi connectivity index (χ2v) is 7.48. The van der Waals surface area contributed by atoms with Crippen molar-refractivity contribution in [2.24, 2.45) is 0 Å². The summed E-state index contributed by atoms with van der Waals surface area (Å²) >= 11 is 5.92. The number of para-hydroxylation sites is 1. The fourth-order valence-corrected chi connectivity index (χ4v) is 3.08. The first-order chi connectivity index (χ1) is 15.3. The molecule has 1 unspecified atom stereocenters. The van der Waals surface area contributed by atoms with Crippen molar-refractivity contribution in [2.45, 2.75) is 32.9 Å². The van der Waals surface area contributed by atoms with Gasteiger partial charge in [0.05, 0.1) is 12.5 Å². The van der Waals surface area contributed by atoms with Crippen molar-refractivity contribution in [3.05, 3.63) is 70.5 Å². The van der Waals surface area contributed by atoms with Crippen LogP contribution < -0.4 is 16.4 Å². The SMILES string of the molecule is CC(=O)NC(CC(=O)OCc1nc(N)nc(Nc2ccccc2C)n1)c1ccc(Cl)cc1. The number of benzene rings is 2. The largest absolute Gasteiger partial charge is 0.457 e. The zero-order valence-electron chi connectivity index (χ0n) is 17.6. The first-order valence-electron chi connectivity index (χ1n) is 9.81. The van der Waals surface area contributed by atoms with Gasteiger partial charge in [-0.1, -0.05) is 41.9 Å². The predicted molar refractivity (Wildman–Crippen MR) is 121 cm³/mol. The smallest absolute Gasteiger partial charge is 0.308 e. The maximum Gasteiger partial charge on any atom is 0.308 e. The van der Waals surface area contributed by atoms with Gasteiger partial charge in [-0.05, 0) is 36.2 Å². The second kappa shape index (κ2) is 10.5. The molecule has 0 spiro atoms. The van der Waals surface area contributed by atoms with Crippen LogP contribution in [0.5, 0.6) is 0 Å². The highest BCUT2D eigenvalue weighted by Crippen LogP contribution is 2.21. The van der Waals surface area contributed by atoms with Gasteiger partial charge in [-0.15, -0.1) is 0 Å². The Hall–Kier alpha value is -3.72. The minimum atomic E-state index is -0.557. The van der Waals surface area contributed by atoms with Crippen LogP contribution >= 0.6 is 11.6 Å². The van der Waals surface area contributed by atoms with E-state index in [0.29, 0.717) is 5.02 Å². The molecule has 0 bridgehead atoms. The third kappa shape index (κ3) is 6.64. The molecule has 1 atom stereocenters. The lowest BCUT2D eigenvalue weighted by Gasteiger charge is -2.17. The Bertz CT molecular complexity index is 1110. The highest BCUT2D eigenvalue weighted by Gasteiger charge is 2.19. The molecule has 0 aliphatic carbocycles. The summed E-state index contributed by atoms with van der Waals surface area (Å²) in [7, 11) is 0. The number of halogens is 1. The van der Waals surface area contributed by atoms with Crippen LogP contribution in [0, 0.1) is 6.92 Å². The molecule has 2 aromatic carbocycles. The molecule has 0 saturated carbocycles. The number of ether oxygens (including phenoxy) is 1. The topological polar surface area (TPSA) is 132 Å². The van der Waals surface area contributed by atoms with Gasteiger partial charge in [-0.3, -0.25) is 9.59 Å². The lowest BCUT2D eigenvalue weighted by molar-refractivity contribution is -0.146. The van der Waals surface area contributed by atoms with E-state index in [9.17, 15) is 9.59 Å². The number of hydrogen-bond acceptors (Lipinski definition) is 8. The Morgan fingerprint density at radius 1 is 1.09 bits per heavy atom. The molecule has 10 heteroatoms. The van der Waals surface area contributed by atoms with Crippen molar-refractivity contribution < 1.29 is 14.3 Å². The highest BCUT2D eigenvalue weighted by atomic mass is 35.5. The summed E-state index contributed by atoms with van der Waals surface area (Å²) in [6.07, 6.45) is -0.0733. The van der Waals surface area contributed by atoms with Gasteiger partial charge in [0.15, 0.2) is 12.4 Å². The Morgan fingerprint density at radius 3 is 2.50 bits per heavy atom. The molecule has 0 aliphatic heterocycles. The molecule has 3 aromatic rings. The number of hydrogen-bond donors (Lipinski definition) is 3. The van der Waals surface area contributed by atoms with E-state index in [1.807, 2.05) is 31.2 Å². The number of nitrogen functional groups attached to an aromatic ring is 1. The highest BCUT2D eigenvalue weighted by molar-refractivity contribution is 6.30. The molecule has 3 rings (SSSR count). The van der Waals surface area contributed by atoms with Gasteiger partial charge >= 0.3 is 5.97 Å². The van der Waals surface area contributed by atoms with Crippen LogP contribution in [0.3, 0.4) is 0 Å². The summed E-state index contributed by atoms with van der Waals surface area (Å²) < 4.78 is 5.32. The molecule has 0 radical (unpaired) electrons. The predicted octanol–water partition coefficient (Wildman–Crippen LogP) is 3.47. The molecule has 0 fully saturated rings. The summed E-state index contributed by atoms with van der Waals surface area (Å²) in [6, 6.07) is 13.9. The summed E-state index contributed by atoms with van der Waals surface area (Å²) in [4.78, 5) is 36.4. The number of carbonyl (C=O) groups is 2. The van der Waals surface area contributed by atoms with E-state index in [1.165, 1.54) is 6.92 Å². The summed E-state index contributed by atoms with van der Waals surface area (Å²) in [5.41, 5.74) is 8.34. The molecule has 4 N–H and O–H groups in total. The zero-order chi connectivity index (χ0) is 23.1. The molecule has 0 aliphatic rings. The van der Waals surface area contributed by atoms with Crippen molar-refractivity contribution in [3.8, 4) is 0 Å². The number of nitrogens with zero attached hydrogens (tertiary/aromatic N) is 3. The second-order valence-electron chi connectivity index (χ2n) is 7.04. The first-order valence-corrected chi connectivity index (χ1v) is 10.2. The fourth-order valence-electron chi connectivity index (χ4n) is 2.96. The Morgan fingerprint density at radius 2 is 1.81 bits per heavy atom. The number of rotatable bonds is 8. The van der Waals surface area contributed by atoms with Crippen LogP contribution in [0.15, 0.2) is 48.5 Å². The van der Waals surface area contributed by atoms with Gasteiger partial charge < -0.3 is 21.1 Å². The van der Waals surface area contributed by atoms with Crippen LogP contribution in [0.2, 0.25) is 5.02 Å². The normalized spacial score (nSPS) is 11.5. The molecular weight excluding hydrogens is 432 g/mol. The van der Waals surface area contributed by atoms with Gasteiger partial charge in [0.2, 0.25) is 17.8 Å².